The maximum Gasteiger partial charge on any atom is 0.175 e. The molecular weight excluding hydrogens is 422 g/mol. The maximum atomic E-state index is 11.7. The number of aromatic nitrogens is 2. The topological polar surface area (TPSA) is 72.0 Å². The van der Waals surface area contributed by atoms with Gasteiger partial charge in [0.05, 0.1) is 15.2 Å². The van der Waals surface area contributed by atoms with Crippen LogP contribution in [-0.4, -0.2) is 24.6 Å². The highest BCUT2D eigenvalue weighted by molar-refractivity contribution is 7.90. The van der Waals surface area contributed by atoms with Crippen molar-refractivity contribution in [3.8, 4) is 10.7 Å². The van der Waals surface area contributed by atoms with Crippen molar-refractivity contribution in [2.75, 3.05) is 11.6 Å². The standard InChI is InChI=1S/C21H21N3O2S3/c1-12-14(3)28-21-18(12)20(23-19(24-21)17-6-5-11-27-17)22-13(2)15-7-9-16(10-8-15)29(4,25)26/h5-11,13H,1-4H3,(H,22,23,24)/t13-/m1/s1. The van der Waals surface area contributed by atoms with E-state index in [-0.39, 0.29) is 6.04 Å². The van der Waals surface area contributed by atoms with E-state index in [1.165, 1.54) is 16.7 Å². The van der Waals surface area contributed by atoms with Crippen LogP contribution < -0.4 is 5.32 Å². The van der Waals surface area contributed by atoms with E-state index in [0.29, 0.717) is 4.90 Å². The molecule has 0 spiro atoms. The van der Waals surface area contributed by atoms with Crippen molar-refractivity contribution in [2.45, 2.75) is 31.7 Å². The van der Waals surface area contributed by atoms with Gasteiger partial charge in [-0.25, -0.2) is 18.4 Å². The summed E-state index contributed by atoms with van der Waals surface area (Å²) < 4.78 is 23.4. The molecule has 1 aromatic carbocycles. The molecule has 3 heterocycles. The number of thiophene rings is 2. The Morgan fingerprint density at radius 1 is 1.07 bits per heavy atom. The quantitative estimate of drug-likeness (QED) is 0.434. The Bertz CT molecular complexity index is 1280. The second-order valence-corrected chi connectivity index (χ2v) is 11.2. The number of benzene rings is 1. The van der Waals surface area contributed by atoms with E-state index in [4.69, 9.17) is 9.97 Å². The summed E-state index contributed by atoms with van der Waals surface area (Å²) in [5.74, 6) is 1.52. The van der Waals surface area contributed by atoms with Crippen LogP contribution >= 0.6 is 22.7 Å². The summed E-state index contributed by atoms with van der Waals surface area (Å²) in [5.41, 5.74) is 2.18. The van der Waals surface area contributed by atoms with Crippen LogP contribution in [0.3, 0.4) is 0 Å². The molecule has 150 valence electrons. The van der Waals surface area contributed by atoms with Crippen LogP contribution in [0.4, 0.5) is 5.82 Å². The molecule has 0 saturated carbocycles. The molecule has 4 aromatic rings. The molecule has 4 rings (SSSR count). The van der Waals surface area contributed by atoms with Crippen LogP contribution in [0.1, 0.15) is 29.0 Å². The molecule has 0 amide bonds. The van der Waals surface area contributed by atoms with E-state index in [9.17, 15) is 8.42 Å². The molecule has 0 fully saturated rings. The molecule has 5 nitrogen and oxygen atoms in total. The zero-order chi connectivity index (χ0) is 20.8. The molecule has 0 aliphatic carbocycles. The molecule has 0 aliphatic rings. The number of fused-ring (bicyclic) bond motifs is 1. The fraction of sp³-hybridized carbons (Fsp3) is 0.238. The van der Waals surface area contributed by atoms with Crippen molar-refractivity contribution in [1.29, 1.82) is 0 Å². The predicted octanol–water partition coefficient (Wildman–Crippen LogP) is 5.61. The van der Waals surface area contributed by atoms with E-state index >= 15 is 0 Å². The van der Waals surface area contributed by atoms with E-state index in [0.717, 1.165) is 32.3 Å². The lowest BCUT2D eigenvalue weighted by Crippen LogP contribution is -2.09. The molecule has 1 N–H and O–H groups in total. The van der Waals surface area contributed by atoms with Crippen LogP contribution in [-0.2, 0) is 9.84 Å². The minimum atomic E-state index is -3.21. The number of aryl methyl sites for hydroxylation is 2. The third kappa shape index (κ3) is 3.92. The molecule has 0 unspecified atom stereocenters. The Morgan fingerprint density at radius 3 is 2.41 bits per heavy atom. The summed E-state index contributed by atoms with van der Waals surface area (Å²) in [4.78, 5) is 13.2. The van der Waals surface area contributed by atoms with Crippen LogP contribution in [0.5, 0.6) is 0 Å². The third-order valence-electron chi connectivity index (χ3n) is 4.93. The first kappa shape index (κ1) is 20.0. The zero-order valence-corrected chi connectivity index (χ0v) is 19.0. The van der Waals surface area contributed by atoms with Crippen molar-refractivity contribution in [3.05, 3.63) is 57.8 Å². The second kappa shape index (κ2) is 7.51. The summed E-state index contributed by atoms with van der Waals surface area (Å²) >= 11 is 3.30. The fourth-order valence-electron chi connectivity index (χ4n) is 3.16. The Labute approximate surface area is 178 Å². The minimum absolute atomic E-state index is 0.0440. The number of hydrogen-bond acceptors (Lipinski definition) is 7. The van der Waals surface area contributed by atoms with Crippen LogP contribution in [0.2, 0.25) is 0 Å². The summed E-state index contributed by atoms with van der Waals surface area (Å²) in [7, 11) is -3.21. The summed E-state index contributed by atoms with van der Waals surface area (Å²) in [6.07, 6.45) is 1.22. The molecule has 29 heavy (non-hydrogen) atoms. The molecule has 0 bridgehead atoms. The first-order valence-corrected chi connectivity index (χ1v) is 12.7. The largest absolute Gasteiger partial charge is 0.363 e. The first-order valence-electron chi connectivity index (χ1n) is 9.12. The zero-order valence-electron chi connectivity index (χ0n) is 16.6. The number of sulfone groups is 1. The van der Waals surface area contributed by atoms with Crippen molar-refractivity contribution < 1.29 is 8.42 Å². The Balaban J connectivity index is 1.74. The lowest BCUT2D eigenvalue weighted by Gasteiger charge is -2.17. The predicted molar refractivity (Wildman–Crippen MR) is 122 cm³/mol. The van der Waals surface area contributed by atoms with Gasteiger partial charge in [0.15, 0.2) is 15.7 Å². The number of nitrogens with zero attached hydrogens (tertiary/aromatic N) is 2. The average Bonchev–Trinajstić information content (AvgIpc) is 3.30. The first-order chi connectivity index (χ1) is 13.7. The number of nitrogens with one attached hydrogen (secondary N) is 1. The lowest BCUT2D eigenvalue weighted by molar-refractivity contribution is 0.602. The molecule has 1 atom stereocenters. The van der Waals surface area contributed by atoms with Gasteiger partial charge >= 0.3 is 0 Å². The Morgan fingerprint density at radius 2 is 1.79 bits per heavy atom. The van der Waals surface area contributed by atoms with Crippen molar-refractivity contribution in [1.82, 2.24) is 9.97 Å². The lowest BCUT2D eigenvalue weighted by atomic mass is 10.1. The summed E-state index contributed by atoms with van der Waals surface area (Å²) in [6, 6.07) is 11.0. The van der Waals surface area contributed by atoms with Gasteiger partial charge in [0.1, 0.15) is 10.6 Å². The van der Waals surface area contributed by atoms with Gasteiger partial charge in [0.25, 0.3) is 0 Å². The van der Waals surface area contributed by atoms with E-state index < -0.39 is 9.84 Å². The van der Waals surface area contributed by atoms with E-state index in [2.05, 4.69) is 19.2 Å². The van der Waals surface area contributed by atoms with Crippen molar-refractivity contribution >= 4 is 48.5 Å². The SMILES string of the molecule is Cc1sc2nc(-c3cccs3)nc(N[C@H](C)c3ccc(S(C)(=O)=O)cc3)c2c1C. The maximum absolute atomic E-state index is 11.7. The van der Waals surface area contributed by atoms with Gasteiger partial charge in [-0.05, 0) is 55.5 Å². The highest BCUT2D eigenvalue weighted by Crippen LogP contribution is 2.37. The highest BCUT2D eigenvalue weighted by atomic mass is 32.2. The van der Waals surface area contributed by atoms with Crippen molar-refractivity contribution in [2.24, 2.45) is 0 Å². The third-order valence-corrected chi connectivity index (χ3v) is 8.03. The van der Waals surface area contributed by atoms with Gasteiger partial charge in [-0.15, -0.1) is 22.7 Å². The van der Waals surface area contributed by atoms with Gasteiger partial charge in [-0.2, -0.15) is 0 Å². The average molecular weight is 444 g/mol. The molecule has 0 saturated heterocycles. The van der Waals surface area contributed by atoms with Gasteiger partial charge < -0.3 is 5.32 Å². The fourth-order valence-corrected chi connectivity index (χ4v) is 5.48. The summed E-state index contributed by atoms with van der Waals surface area (Å²) in [5, 5.41) is 6.60. The molecule has 3 aromatic heterocycles. The molecule has 0 radical (unpaired) electrons. The monoisotopic (exact) mass is 443 g/mol. The number of rotatable bonds is 5. The number of anilines is 1. The minimum Gasteiger partial charge on any atom is -0.363 e. The van der Waals surface area contributed by atoms with Crippen molar-refractivity contribution in [3.63, 3.8) is 0 Å². The van der Waals surface area contributed by atoms with Crippen LogP contribution in [0.25, 0.3) is 20.9 Å². The molecule has 0 aliphatic heterocycles. The smallest absolute Gasteiger partial charge is 0.175 e. The number of hydrogen-bond donors (Lipinski definition) is 1. The Hall–Kier alpha value is -2.29. The van der Waals surface area contributed by atoms with Gasteiger partial charge in [-0.1, -0.05) is 18.2 Å². The molecular formula is C21H21N3O2S3. The van der Waals surface area contributed by atoms with Gasteiger partial charge in [0, 0.05) is 17.2 Å². The van der Waals surface area contributed by atoms with Crippen LogP contribution in [0.15, 0.2) is 46.7 Å². The normalized spacial score (nSPS) is 13.0. The second-order valence-electron chi connectivity index (χ2n) is 7.04. The molecule has 8 heteroatoms. The van der Waals surface area contributed by atoms with Gasteiger partial charge in [-0.3, -0.25) is 0 Å². The van der Waals surface area contributed by atoms with Crippen LogP contribution in [0, 0.1) is 13.8 Å². The van der Waals surface area contributed by atoms with E-state index in [1.54, 1.807) is 34.8 Å². The van der Waals surface area contributed by atoms with E-state index in [1.807, 2.05) is 36.6 Å². The summed E-state index contributed by atoms with van der Waals surface area (Å²) in [6.45, 7) is 6.24. The highest BCUT2D eigenvalue weighted by Gasteiger charge is 2.18. The Kier molecular flexibility index (Phi) is 5.18. The van der Waals surface area contributed by atoms with Gasteiger partial charge in [0.2, 0.25) is 0 Å².